The number of nitrogens with zero attached hydrogens (tertiary/aromatic N) is 2. The van der Waals surface area contributed by atoms with Gasteiger partial charge >= 0.3 is 5.97 Å². The van der Waals surface area contributed by atoms with Gasteiger partial charge in [0, 0.05) is 17.0 Å². The quantitative estimate of drug-likeness (QED) is 0.322. The Morgan fingerprint density at radius 1 is 1.23 bits per heavy atom. The minimum absolute atomic E-state index is 0.0718. The molecular weight excluding hydrogens is 512 g/mol. The summed E-state index contributed by atoms with van der Waals surface area (Å²) >= 11 is 1.61. The van der Waals surface area contributed by atoms with Crippen molar-refractivity contribution in [2.75, 3.05) is 24.7 Å². The monoisotopic (exact) mass is 554 g/mol. The van der Waals surface area contributed by atoms with Crippen molar-refractivity contribution >= 4 is 35.2 Å². The second-order valence-corrected chi connectivity index (χ2v) is 13.7. The number of ether oxygens (including phenoxy) is 1. The molecule has 2 amide bonds. The summed E-state index contributed by atoms with van der Waals surface area (Å²) in [5.74, 6) is -2.01. The Hall–Kier alpha value is -2.58. The number of anilines is 1. The molecule has 1 spiro atoms. The topological polar surface area (TPSA) is 87.1 Å². The van der Waals surface area contributed by atoms with Gasteiger partial charge in [-0.25, -0.2) is 0 Å². The van der Waals surface area contributed by atoms with Crippen LogP contribution in [0, 0.1) is 31.6 Å². The van der Waals surface area contributed by atoms with Crippen molar-refractivity contribution < 1.29 is 24.2 Å². The number of carbonyl (C=O) groups excluding carboxylic acids is 3. The molecule has 4 rings (SSSR count). The number of benzene rings is 1. The molecule has 1 N–H and O–H groups in total. The third kappa shape index (κ3) is 4.73. The number of hydrogen-bond donors (Lipinski definition) is 1. The third-order valence-corrected chi connectivity index (χ3v) is 10.7. The van der Waals surface area contributed by atoms with E-state index in [1.54, 1.807) is 27.6 Å². The number of carbonyl (C=O) groups is 3. The van der Waals surface area contributed by atoms with E-state index in [1.807, 2.05) is 52.8 Å². The molecule has 1 aromatic carbocycles. The Balaban J connectivity index is 1.88. The molecule has 3 aliphatic heterocycles. The summed E-state index contributed by atoms with van der Waals surface area (Å²) in [5.41, 5.74) is 2.72. The first-order chi connectivity index (χ1) is 18.5. The van der Waals surface area contributed by atoms with Crippen molar-refractivity contribution in [3.8, 4) is 0 Å². The lowest BCUT2D eigenvalue weighted by molar-refractivity contribution is -0.155. The number of hydrogen-bond acceptors (Lipinski definition) is 6. The highest BCUT2D eigenvalue weighted by molar-refractivity contribution is 8.02. The van der Waals surface area contributed by atoms with Crippen LogP contribution in [0.5, 0.6) is 0 Å². The lowest BCUT2D eigenvalue weighted by atomic mass is 9.66. The van der Waals surface area contributed by atoms with Crippen molar-refractivity contribution in [1.29, 1.82) is 0 Å². The molecule has 0 aromatic heterocycles. The maximum Gasteiger partial charge on any atom is 0.311 e. The Bertz CT molecular complexity index is 1150. The standard InChI is InChI=1S/C31H42N2O5S/c1-8-15-32(25-20(5)11-10-12-21(25)6)28(36)26-31-14-13-30(7,39-31)24(29(37)38-16-9-2)23(31)27(35)33(26)22(18-34)17-19(3)4/h8-12,19,22-24,26,34H,1-2,13-18H2,3-7H3/t22-,23+,24-,26?,30+,31?/m1/s1. The van der Waals surface area contributed by atoms with E-state index in [1.165, 1.54) is 6.08 Å². The molecule has 39 heavy (non-hydrogen) atoms. The molecule has 2 unspecified atom stereocenters. The smallest absolute Gasteiger partial charge is 0.311 e. The number of thioether (sulfide) groups is 1. The summed E-state index contributed by atoms with van der Waals surface area (Å²) in [5, 5.41) is 10.5. The maximum atomic E-state index is 14.8. The van der Waals surface area contributed by atoms with Gasteiger partial charge in [-0.15, -0.1) is 18.3 Å². The van der Waals surface area contributed by atoms with Crippen LogP contribution in [0.2, 0.25) is 0 Å². The number of amides is 2. The number of likely N-dealkylation sites (tertiary alicyclic amines) is 1. The number of aliphatic hydroxyl groups is 1. The van der Waals surface area contributed by atoms with E-state index in [0.717, 1.165) is 16.8 Å². The molecule has 3 aliphatic rings. The van der Waals surface area contributed by atoms with Crippen LogP contribution in [0.3, 0.4) is 0 Å². The number of esters is 1. The fraction of sp³-hybridized carbons (Fsp3) is 0.581. The molecular formula is C31H42N2O5S. The van der Waals surface area contributed by atoms with Gasteiger partial charge in [-0.3, -0.25) is 14.4 Å². The molecule has 3 fully saturated rings. The van der Waals surface area contributed by atoms with Crippen LogP contribution in [-0.4, -0.2) is 69.1 Å². The van der Waals surface area contributed by atoms with Gasteiger partial charge in [0.15, 0.2) is 0 Å². The highest BCUT2D eigenvalue weighted by Gasteiger charge is 2.78. The zero-order chi connectivity index (χ0) is 28.7. The van der Waals surface area contributed by atoms with Crippen molar-refractivity contribution in [3.05, 3.63) is 54.6 Å². The molecule has 0 radical (unpaired) electrons. The highest BCUT2D eigenvalue weighted by atomic mass is 32.2. The van der Waals surface area contributed by atoms with Crippen LogP contribution < -0.4 is 4.90 Å². The fourth-order valence-electron chi connectivity index (χ4n) is 7.24. The van der Waals surface area contributed by atoms with Gasteiger partial charge in [0.1, 0.15) is 12.6 Å². The highest BCUT2D eigenvalue weighted by Crippen LogP contribution is 2.72. The molecule has 7 nitrogen and oxygen atoms in total. The summed E-state index contributed by atoms with van der Waals surface area (Å²) in [7, 11) is 0. The van der Waals surface area contributed by atoms with E-state index in [-0.39, 0.29) is 37.5 Å². The van der Waals surface area contributed by atoms with Gasteiger partial charge in [-0.05, 0) is 57.1 Å². The first-order valence-electron chi connectivity index (χ1n) is 13.9. The normalized spacial score (nSPS) is 29.9. The lowest BCUT2D eigenvalue weighted by Crippen LogP contribution is -2.58. The number of aryl methyl sites for hydroxylation is 2. The first kappa shape index (κ1) is 29.4. The first-order valence-corrected chi connectivity index (χ1v) is 14.7. The van der Waals surface area contributed by atoms with Gasteiger partial charge in [0.25, 0.3) is 5.91 Å². The van der Waals surface area contributed by atoms with Crippen LogP contribution in [0.4, 0.5) is 5.69 Å². The van der Waals surface area contributed by atoms with E-state index in [9.17, 15) is 19.5 Å². The van der Waals surface area contributed by atoms with E-state index in [2.05, 4.69) is 13.2 Å². The molecule has 1 aromatic rings. The van der Waals surface area contributed by atoms with Gasteiger partial charge in [0.2, 0.25) is 5.91 Å². The van der Waals surface area contributed by atoms with Crippen LogP contribution in [0.25, 0.3) is 0 Å². The van der Waals surface area contributed by atoms with Gasteiger partial charge in [-0.2, -0.15) is 0 Å². The summed E-state index contributed by atoms with van der Waals surface area (Å²) < 4.78 is 4.21. The molecule has 0 saturated carbocycles. The Morgan fingerprint density at radius 3 is 2.46 bits per heavy atom. The summed E-state index contributed by atoms with van der Waals surface area (Å²) in [6, 6.07) is 4.55. The molecule has 2 bridgehead atoms. The minimum atomic E-state index is -0.825. The second-order valence-electron chi connectivity index (χ2n) is 11.8. The van der Waals surface area contributed by atoms with Crippen molar-refractivity contribution in [2.24, 2.45) is 17.8 Å². The van der Waals surface area contributed by atoms with Crippen molar-refractivity contribution in [2.45, 2.75) is 75.5 Å². The average Bonchev–Trinajstić information content (AvgIpc) is 3.45. The molecule has 6 atom stereocenters. The van der Waals surface area contributed by atoms with Crippen LogP contribution in [0.1, 0.15) is 51.2 Å². The average molecular weight is 555 g/mol. The molecule has 212 valence electrons. The number of para-hydroxylation sites is 1. The molecule has 8 heteroatoms. The largest absolute Gasteiger partial charge is 0.461 e. The Morgan fingerprint density at radius 2 is 1.90 bits per heavy atom. The van der Waals surface area contributed by atoms with Crippen molar-refractivity contribution in [1.82, 2.24) is 4.90 Å². The second kappa shape index (κ2) is 11.1. The lowest BCUT2D eigenvalue weighted by Gasteiger charge is -2.40. The number of fused-ring (bicyclic) bond motifs is 1. The van der Waals surface area contributed by atoms with Crippen molar-refractivity contribution in [3.63, 3.8) is 0 Å². The van der Waals surface area contributed by atoms with E-state index < -0.39 is 39.4 Å². The Kier molecular flexibility index (Phi) is 8.39. The summed E-state index contributed by atoms with van der Waals surface area (Å²) in [4.78, 5) is 46.1. The molecule has 3 saturated heterocycles. The van der Waals surface area contributed by atoms with Crippen LogP contribution in [-0.2, 0) is 19.1 Å². The van der Waals surface area contributed by atoms with E-state index in [4.69, 9.17) is 4.74 Å². The zero-order valence-corrected chi connectivity index (χ0v) is 24.6. The predicted molar refractivity (Wildman–Crippen MR) is 156 cm³/mol. The summed E-state index contributed by atoms with van der Waals surface area (Å²) in [6.07, 6.45) is 5.11. The molecule has 3 heterocycles. The van der Waals surface area contributed by atoms with Gasteiger partial charge in [0.05, 0.1) is 29.2 Å². The number of aliphatic hydroxyl groups excluding tert-OH is 1. The maximum absolute atomic E-state index is 14.8. The van der Waals surface area contributed by atoms with E-state index >= 15 is 0 Å². The predicted octanol–water partition coefficient (Wildman–Crippen LogP) is 4.44. The minimum Gasteiger partial charge on any atom is -0.461 e. The van der Waals surface area contributed by atoms with Gasteiger partial charge in [-0.1, -0.05) is 50.8 Å². The fourth-order valence-corrected chi connectivity index (χ4v) is 9.57. The van der Waals surface area contributed by atoms with E-state index in [0.29, 0.717) is 19.3 Å². The third-order valence-electron chi connectivity index (χ3n) is 8.68. The summed E-state index contributed by atoms with van der Waals surface area (Å²) in [6.45, 7) is 17.7. The SMILES string of the molecule is C=CCOC(=O)[C@H]1[C@H]2C(=O)N([C@@H](CO)CC(C)C)C(C(=O)N(CC=C)c3c(C)cccc3C)C23CC[C@]1(C)S3. The van der Waals surface area contributed by atoms with Crippen LogP contribution >= 0.6 is 11.8 Å². The van der Waals surface area contributed by atoms with Crippen LogP contribution in [0.15, 0.2) is 43.5 Å². The number of rotatable bonds is 11. The molecule has 0 aliphatic carbocycles. The Labute approximate surface area is 236 Å². The van der Waals surface area contributed by atoms with Gasteiger partial charge < -0.3 is 19.6 Å². The zero-order valence-electron chi connectivity index (χ0n) is 23.8.